The van der Waals surface area contributed by atoms with Gasteiger partial charge in [0.1, 0.15) is 12.3 Å². The molecule has 0 radical (unpaired) electrons. The molecule has 142 valence electrons. The van der Waals surface area contributed by atoms with Crippen molar-refractivity contribution in [1.82, 2.24) is 15.5 Å². The molecule has 0 aliphatic rings. The van der Waals surface area contributed by atoms with Crippen LogP contribution in [0.15, 0.2) is 29.3 Å². The number of carbonyl (C=O) groups is 1. The Balaban J connectivity index is 0.00000576. The van der Waals surface area contributed by atoms with Crippen molar-refractivity contribution in [3.8, 4) is 5.75 Å². The van der Waals surface area contributed by atoms with Crippen LogP contribution in [0, 0.1) is 0 Å². The summed E-state index contributed by atoms with van der Waals surface area (Å²) in [6.45, 7) is 7.02. The first kappa shape index (κ1) is 23.5. The Hall–Kier alpha value is -1.51. The molecule has 0 aliphatic carbocycles. The molecule has 0 saturated heterocycles. The summed E-state index contributed by atoms with van der Waals surface area (Å²) in [7, 11) is 5.12. The largest absolute Gasteiger partial charge is 0.497 e. The SMILES string of the molecule is COc1ccc(CCNC(=NCC(=O)N(C)C)NC(C)(C)C)cc1.I. The molecule has 0 heterocycles. The fourth-order valence-electron chi connectivity index (χ4n) is 1.90. The van der Waals surface area contributed by atoms with Gasteiger partial charge >= 0.3 is 0 Å². The number of halogens is 1. The summed E-state index contributed by atoms with van der Waals surface area (Å²) in [5, 5.41) is 6.59. The number of guanidine groups is 1. The van der Waals surface area contributed by atoms with Gasteiger partial charge < -0.3 is 20.3 Å². The molecule has 0 aliphatic heterocycles. The van der Waals surface area contributed by atoms with Gasteiger partial charge in [-0.05, 0) is 44.9 Å². The molecule has 0 spiro atoms. The maximum Gasteiger partial charge on any atom is 0.243 e. The maximum absolute atomic E-state index is 11.7. The lowest BCUT2D eigenvalue weighted by atomic mass is 10.1. The van der Waals surface area contributed by atoms with Crippen molar-refractivity contribution in [2.24, 2.45) is 4.99 Å². The number of nitrogens with zero attached hydrogens (tertiary/aromatic N) is 2. The van der Waals surface area contributed by atoms with Crippen LogP contribution < -0.4 is 15.4 Å². The molecular formula is C18H31IN4O2. The Labute approximate surface area is 168 Å². The lowest BCUT2D eigenvalue weighted by Gasteiger charge is -2.24. The van der Waals surface area contributed by atoms with E-state index in [9.17, 15) is 4.79 Å². The molecule has 6 nitrogen and oxygen atoms in total. The molecule has 0 fully saturated rings. The molecule has 0 unspecified atom stereocenters. The second-order valence-electron chi connectivity index (χ2n) is 6.85. The molecule has 0 bridgehead atoms. The van der Waals surface area contributed by atoms with E-state index < -0.39 is 0 Å². The highest BCUT2D eigenvalue weighted by atomic mass is 127. The van der Waals surface area contributed by atoms with E-state index >= 15 is 0 Å². The topological polar surface area (TPSA) is 66.0 Å². The predicted molar refractivity (Wildman–Crippen MR) is 114 cm³/mol. The first-order valence-corrected chi connectivity index (χ1v) is 8.11. The molecule has 7 heteroatoms. The van der Waals surface area contributed by atoms with Gasteiger partial charge in [0.15, 0.2) is 5.96 Å². The van der Waals surface area contributed by atoms with Crippen molar-refractivity contribution < 1.29 is 9.53 Å². The van der Waals surface area contributed by atoms with Gasteiger partial charge in [-0.25, -0.2) is 4.99 Å². The van der Waals surface area contributed by atoms with E-state index in [2.05, 4.69) is 36.4 Å². The van der Waals surface area contributed by atoms with Gasteiger partial charge in [-0.15, -0.1) is 24.0 Å². The van der Waals surface area contributed by atoms with Crippen LogP contribution in [0.4, 0.5) is 0 Å². The van der Waals surface area contributed by atoms with E-state index in [4.69, 9.17) is 4.74 Å². The van der Waals surface area contributed by atoms with Crippen LogP contribution in [-0.4, -0.2) is 56.6 Å². The number of rotatable bonds is 6. The molecule has 1 amide bonds. The number of benzene rings is 1. The van der Waals surface area contributed by atoms with E-state index in [-0.39, 0.29) is 42.0 Å². The average molecular weight is 462 g/mol. The minimum atomic E-state index is -0.132. The zero-order valence-electron chi connectivity index (χ0n) is 16.0. The third kappa shape index (κ3) is 10.2. The van der Waals surface area contributed by atoms with E-state index in [1.165, 1.54) is 10.5 Å². The number of nitrogens with one attached hydrogen (secondary N) is 2. The zero-order chi connectivity index (χ0) is 18.2. The lowest BCUT2D eigenvalue weighted by molar-refractivity contribution is -0.127. The third-order valence-electron chi connectivity index (χ3n) is 3.23. The van der Waals surface area contributed by atoms with E-state index in [1.54, 1.807) is 21.2 Å². The fraction of sp³-hybridized carbons (Fsp3) is 0.556. The highest BCUT2D eigenvalue weighted by Gasteiger charge is 2.13. The van der Waals surface area contributed by atoms with Crippen LogP contribution in [0.1, 0.15) is 26.3 Å². The summed E-state index contributed by atoms with van der Waals surface area (Å²) in [6, 6.07) is 8.00. The van der Waals surface area contributed by atoms with Crippen LogP contribution in [0.2, 0.25) is 0 Å². The number of amides is 1. The molecule has 1 rings (SSSR count). The quantitative estimate of drug-likeness (QED) is 0.387. The van der Waals surface area contributed by atoms with Crippen LogP contribution in [0.25, 0.3) is 0 Å². The number of carbonyl (C=O) groups excluding carboxylic acids is 1. The van der Waals surface area contributed by atoms with Gasteiger partial charge in [-0.3, -0.25) is 4.79 Å². The number of likely N-dealkylation sites (N-methyl/N-ethyl adjacent to an activating group) is 1. The Bertz CT molecular complexity index is 551. The Morgan fingerprint density at radius 1 is 1.20 bits per heavy atom. The highest BCUT2D eigenvalue weighted by molar-refractivity contribution is 14.0. The molecule has 0 saturated carbocycles. The average Bonchev–Trinajstić information content (AvgIpc) is 2.51. The number of aliphatic imine (C=N–C) groups is 1. The number of hydrogen-bond donors (Lipinski definition) is 2. The van der Waals surface area contributed by atoms with Crippen molar-refractivity contribution >= 4 is 35.8 Å². The number of methoxy groups -OCH3 is 1. The number of ether oxygens (including phenoxy) is 1. The van der Waals surface area contributed by atoms with E-state index in [1.807, 2.05) is 24.3 Å². The fourth-order valence-corrected chi connectivity index (χ4v) is 1.90. The molecule has 1 aromatic rings. The second-order valence-corrected chi connectivity index (χ2v) is 6.85. The minimum absolute atomic E-state index is 0. The maximum atomic E-state index is 11.7. The molecule has 2 N–H and O–H groups in total. The van der Waals surface area contributed by atoms with Crippen molar-refractivity contribution in [2.45, 2.75) is 32.7 Å². The Kier molecular flexibility index (Phi) is 10.5. The summed E-state index contributed by atoms with van der Waals surface area (Å²) < 4.78 is 5.16. The van der Waals surface area contributed by atoms with Crippen LogP contribution in [0.5, 0.6) is 5.75 Å². The molecule has 0 aromatic heterocycles. The summed E-state index contributed by atoms with van der Waals surface area (Å²) >= 11 is 0. The minimum Gasteiger partial charge on any atom is -0.497 e. The zero-order valence-corrected chi connectivity index (χ0v) is 18.4. The van der Waals surface area contributed by atoms with Crippen molar-refractivity contribution in [3.05, 3.63) is 29.8 Å². The number of hydrogen-bond acceptors (Lipinski definition) is 3. The first-order valence-electron chi connectivity index (χ1n) is 8.11. The second kappa shape index (κ2) is 11.2. The summed E-state index contributed by atoms with van der Waals surface area (Å²) in [4.78, 5) is 17.6. The standard InChI is InChI=1S/C18H30N4O2.HI/c1-18(2,3)21-17(20-13-16(23)22(4)5)19-12-11-14-7-9-15(24-6)10-8-14;/h7-10H,11-13H2,1-6H3,(H2,19,20,21);1H. The summed E-state index contributed by atoms with van der Waals surface area (Å²) in [6.07, 6.45) is 0.858. The summed E-state index contributed by atoms with van der Waals surface area (Å²) in [5.74, 6) is 1.47. The van der Waals surface area contributed by atoms with Crippen molar-refractivity contribution in [3.63, 3.8) is 0 Å². The van der Waals surface area contributed by atoms with Gasteiger partial charge in [0.05, 0.1) is 7.11 Å². The predicted octanol–water partition coefficient (Wildman–Crippen LogP) is 2.28. The van der Waals surface area contributed by atoms with Gasteiger partial charge in [-0.1, -0.05) is 12.1 Å². The van der Waals surface area contributed by atoms with E-state index in [0.717, 1.165) is 18.7 Å². The van der Waals surface area contributed by atoms with Gasteiger partial charge in [-0.2, -0.15) is 0 Å². The molecular weight excluding hydrogens is 431 g/mol. The summed E-state index contributed by atoms with van der Waals surface area (Å²) in [5.41, 5.74) is 1.08. The smallest absolute Gasteiger partial charge is 0.243 e. The first-order chi connectivity index (χ1) is 11.2. The van der Waals surface area contributed by atoms with Gasteiger partial charge in [0.2, 0.25) is 5.91 Å². The van der Waals surface area contributed by atoms with E-state index in [0.29, 0.717) is 5.96 Å². The van der Waals surface area contributed by atoms with Gasteiger partial charge in [0, 0.05) is 26.2 Å². The third-order valence-corrected chi connectivity index (χ3v) is 3.23. The van der Waals surface area contributed by atoms with Crippen molar-refractivity contribution in [1.29, 1.82) is 0 Å². The lowest BCUT2D eigenvalue weighted by Crippen LogP contribution is -2.48. The molecule has 1 aromatic carbocycles. The Morgan fingerprint density at radius 2 is 1.80 bits per heavy atom. The Morgan fingerprint density at radius 3 is 2.28 bits per heavy atom. The monoisotopic (exact) mass is 462 g/mol. The molecule has 0 atom stereocenters. The van der Waals surface area contributed by atoms with Crippen LogP contribution in [-0.2, 0) is 11.2 Å². The molecule has 25 heavy (non-hydrogen) atoms. The highest BCUT2D eigenvalue weighted by Crippen LogP contribution is 2.11. The van der Waals surface area contributed by atoms with Crippen molar-refractivity contribution in [2.75, 3.05) is 34.3 Å². The normalized spacial score (nSPS) is 11.4. The van der Waals surface area contributed by atoms with Gasteiger partial charge in [0.25, 0.3) is 0 Å². The van der Waals surface area contributed by atoms with Crippen LogP contribution in [0.3, 0.4) is 0 Å². The van der Waals surface area contributed by atoms with Crippen LogP contribution >= 0.6 is 24.0 Å².